The second kappa shape index (κ2) is 5.64. The third-order valence-electron chi connectivity index (χ3n) is 4.32. The zero-order valence-electron chi connectivity index (χ0n) is 13.0. The monoisotopic (exact) mass is 304 g/mol. The summed E-state index contributed by atoms with van der Waals surface area (Å²) < 4.78 is 5.44. The van der Waals surface area contributed by atoms with Crippen molar-refractivity contribution >= 4 is 24.1 Å². The van der Waals surface area contributed by atoms with Crippen LogP contribution in [0.3, 0.4) is 0 Å². The molecule has 3 aliphatic rings. The Morgan fingerprint density at radius 2 is 2.27 bits per heavy atom. The molecule has 1 saturated heterocycles. The highest BCUT2D eigenvalue weighted by Crippen LogP contribution is 2.30. The van der Waals surface area contributed by atoms with Gasteiger partial charge >= 0.3 is 0 Å². The Bertz CT molecular complexity index is 606. The molecule has 2 amide bonds. The highest BCUT2D eigenvalue weighted by molar-refractivity contribution is 6.18. The SMILES string of the molecule is CC1=C(C(=O)NC2CCN(C(C)C)C2)C2C(=O)N=CN=C2O1. The van der Waals surface area contributed by atoms with Gasteiger partial charge in [-0.2, -0.15) is 0 Å². The molecule has 3 heterocycles. The largest absolute Gasteiger partial charge is 0.446 e. The van der Waals surface area contributed by atoms with Crippen molar-refractivity contribution < 1.29 is 14.3 Å². The molecule has 0 saturated carbocycles. The minimum absolute atomic E-state index is 0.0957. The number of ether oxygens (including phenoxy) is 1. The number of amides is 2. The lowest BCUT2D eigenvalue weighted by Crippen LogP contribution is -2.41. The van der Waals surface area contributed by atoms with Gasteiger partial charge < -0.3 is 10.1 Å². The second-order valence-electron chi connectivity index (χ2n) is 6.10. The Balaban J connectivity index is 1.70. The summed E-state index contributed by atoms with van der Waals surface area (Å²) in [6.07, 6.45) is 2.08. The van der Waals surface area contributed by atoms with Crippen molar-refractivity contribution in [3.8, 4) is 0 Å². The van der Waals surface area contributed by atoms with Gasteiger partial charge in [-0.25, -0.2) is 9.98 Å². The molecule has 0 aromatic carbocycles. The third-order valence-corrected chi connectivity index (χ3v) is 4.32. The summed E-state index contributed by atoms with van der Waals surface area (Å²) in [6, 6.07) is 0.559. The zero-order chi connectivity index (χ0) is 15.9. The van der Waals surface area contributed by atoms with E-state index in [0.717, 1.165) is 19.5 Å². The van der Waals surface area contributed by atoms with Crippen LogP contribution in [-0.2, 0) is 14.3 Å². The summed E-state index contributed by atoms with van der Waals surface area (Å²) in [4.78, 5) is 34.4. The molecule has 0 radical (unpaired) electrons. The van der Waals surface area contributed by atoms with E-state index in [1.165, 1.54) is 6.34 Å². The summed E-state index contributed by atoms with van der Waals surface area (Å²) in [5.41, 5.74) is 0.337. The Kier molecular flexibility index (Phi) is 3.82. The fraction of sp³-hybridized carbons (Fsp3) is 0.600. The molecule has 2 unspecified atom stereocenters. The molecule has 0 spiro atoms. The molecule has 1 N–H and O–H groups in total. The number of allylic oxidation sites excluding steroid dienone is 1. The Morgan fingerprint density at radius 3 is 2.95 bits per heavy atom. The van der Waals surface area contributed by atoms with Gasteiger partial charge in [-0.1, -0.05) is 0 Å². The first kappa shape index (κ1) is 14.9. The predicted octanol–water partition coefficient (Wildman–Crippen LogP) is 0.473. The lowest BCUT2D eigenvalue weighted by atomic mass is 9.97. The van der Waals surface area contributed by atoms with Crippen molar-refractivity contribution in [3.63, 3.8) is 0 Å². The van der Waals surface area contributed by atoms with Crippen molar-refractivity contribution in [1.82, 2.24) is 10.2 Å². The minimum atomic E-state index is -0.785. The summed E-state index contributed by atoms with van der Waals surface area (Å²) in [6.45, 7) is 7.76. The third kappa shape index (κ3) is 2.56. The molecular weight excluding hydrogens is 284 g/mol. The van der Waals surface area contributed by atoms with Gasteiger partial charge in [-0.3, -0.25) is 14.5 Å². The fourth-order valence-electron chi connectivity index (χ4n) is 3.07. The number of hydrogen-bond acceptors (Lipinski definition) is 5. The van der Waals surface area contributed by atoms with E-state index in [4.69, 9.17) is 4.74 Å². The van der Waals surface area contributed by atoms with Crippen molar-refractivity contribution in [3.05, 3.63) is 11.3 Å². The number of nitrogens with zero attached hydrogens (tertiary/aromatic N) is 3. The first-order valence-electron chi connectivity index (χ1n) is 7.55. The van der Waals surface area contributed by atoms with E-state index >= 15 is 0 Å². The first-order valence-corrected chi connectivity index (χ1v) is 7.55. The van der Waals surface area contributed by atoms with E-state index in [9.17, 15) is 9.59 Å². The van der Waals surface area contributed by atoms with E-state index in [-0.39, 0.29) is 17.8 Å². The van der Waals surface area contributed by atoms with Crippen LogP contribution in [0.5, 0.6) is 0 Å². The normalized spacial score (nSPS) is 28.0. The molecule has 3 aliphatic heterocycles. The number of fused-ring (bicyclic) bond motifs is 1. The average Bonchev–Trinajstić information content (AvgIpc) is 3.03. The summed E-state index contributed by atoms with van der Waals surface area (Å²) in [7, 11) is 0. The molecular formula is C15H20N4O3. The van der Waals surface area contributed by atoms with E-state index < -0.39 is 11.8 Å². The van der Waals surface area contributed by atoms with Crippen molar-refractivity contribution in [1.29, 1.82) is 0 Å². The summed E-state index contributed by atoms with van der Waals surface area (Å²) in [5, 5.41) is 3.01. The van der Waals surface area contributed by atoms with Crippen LogP contribution in [-0.4, -0.2) is 54.1 Å². The van der Waals surface area contributed by atoms with Gasteiger partial charge in [0.15, 0.2) is 5.92 Å². The number of carbonyl (C=O) groups excluding carboxylic acids is 2. The Morgan fingerprint density at radius 1 is 1.50 bits per heavy atom. The quantitative estimate of drug-likeness (QED) is 0.821. The van der Waals surface area contributed by atoms with Gasteiger partial charge in [0.2, 0.25) is 5.90 Å². The van der Waals surface area contributed by atoms with E-state index in [1.807, 2.05) is 0 Å². The van der Waals surface area contributed by atoms with Crippen LogP contribution in [0.15, 0.2) is 21.3 Å². The van der Waals surface area contributed by atoms with Crippen LogP contribution in [0.25, 0.3) is 0 Å². The van der Waals surface area contributed by atoms with E-state index in [2.05, 4.69) is 34.0 Å². The van der Waals surface area contributed by atoms with E-state index in [0.29, 0.717) is 17.4 Å². The lowest BCUT2D eigenvalue weighted by Gasteiger charge is -2.20. The number of carbonyl (C=O) groups is 2. The number of hydrogen-bond donors (Lipinski definition) is 1. The van der Waals surface area contributed by atoms with Crippen molar-refractivity contribution in [2.45, 2.75) is 39.3 Å². The number of nitrogens with one attached hydrogen (secondary N) is 1. The first-order chi connectivity index (χ1) is 10.5. The van der Waals surface area contributed by atoms with E-state index in [1.54, 1.807) is 6.92 Å². The highest BCUT2D eigenvalue weighted by Gasteiger charge is 2.43. The number of rotatable bonds is 3. The van der Waals surface area contributed by atoms with Crippen LogP contribution in [0.4, 0.5) is 0 Å². The predicted molar refractivity (Wildman–Crippen MR) is 81.5 cm³/mol. The molecule has 22 heavy (non-hydrogen) atoms. The molecule has 0 aromatic heterocycles. The second-order valence-corrected chi connectivity index (χ2v) is 6.10. The molecule has 7 nitrogen and oxygen atoms in total. The van der Waals surface area contributed by atoms with Crippen molar-refractivity contribution in [2.24, 2.45) is 15.9 Å². The zero-order valence-corrected chi connectivity index (χ0v) is 13.0. The van der Waals surface area contributed by atoms with Crippen LogP contribution in [0.2, 0.25) is 0 Å². The van der Waals surface area contributed by atoms with Crippen LogP contribution in [0.1, 0.15) is 27.2 Å². The van der Waals surface area contributed by atoms with Gasteiger partial charge in [-0.15, -0.1) is 0 Å². The number of likely N-dealkylation sites (tertiary alicyclic amines) is 1. The van der Waals surface area contributed by atoms with Crippen LogP contribution >= 0.6 is 0 Å². The fourth-order valence-corrected chi connectivity index (χ4v) is 3.07. The standard InChI is InChI=1S/C15H20N4O3/c1-8(2)19-5-4-10(6-19)18-14(21)11-9(3)22-15-12(11)13(20)16-7-17-15/h7-8,10,12H,4-6H2,1-3H3,(H,18,21). The highest BCUT2D eigenvalue weighted by atomic mass is 16.5. The molecule has 3 rings (SSSR count). The van der Waals surface area contributed by atoms with Gasteiger partial charge in [-0.05, 0) is 27.2 Å². The Hall–Kier alpha value is -2.02. The summed E-state index contributed by atoms with van der Waals surface area (Å²) >= 11 is 0. The Labute approximate surface area is 129 Å². The number of aliphatic imine (C=N–C) groups is 2. The van der Waals surface area contributed by atoms with Gasteiger partial charge in [0.25, 0.3) is 11.8 Å². The maximum Gasteiger partial charge on any atom is 0.264 e. The molecule has 118 valence electrons. The average molecular weight is 304 g/mol. The molecule has 0 bridgehead atoms. The van der Waals surface area contributed by atoms with Crippen molar-refractivity contribution in [2.75, 3.05) is 13.1 Å². The topological polar surface area (TPSA) is 83.4 Å². The lowest BCUT2D eigenvalue weighted by molar-refractivity contribution is -0.123. The smallest absolute Gasteiger partial charge is 0.264 e. The molecule has 1 fully saturated rings. The van der Waals surface area contributed by atoms with Gasteiger partial charge in [0, 0.05) is 25.2 Å². The molecule has 0 aliphatic carbocycles. The van der Waals surface area contributed by atoms with Gasteiger partial charge in [0.1, 0.15) is 12.1 Å². The maximum absolute atomic E-state index is 12.6. The van der Waals surface area contributed by atoms with Gasteiger partial charge in [0.05, 0.1) is 5.57 Å². The van der Waals surface area contributed by atoms with Crippen LogP contribution in [0, 0.1) is 5.92 Å². The molecule has 0 aromatic rings. The maximum atomic E-state index is 12.6. The molecule has 7 heteroatoms. The summed E-state index contributed by atoms with van der Waals surface area (Å²) in [5.74, 6) is -0.764. The minimum Gasteiger partial charge on any atom is -0.446 e. The molecule has 2 atom stereocenters. The van der Waals surface area contributed by atoms with Crippen LogP contribution < -0.4 is 5.32 Å².